The zero-order valence-electron chi connectivity index (χ0n) is 17.6. The van der Waals surface area contributed by atoms with Gasteiger partial charge in [-0.2, -0.15) is 5.26 Å². The van der Waals surface area contributed by atoms with E-state index < -0.39 is 0 Å². The van der Waals surface area contributed by atoms with Crippen LogP contribution in [0, 0.1) is 51.8 Å². The summed E-state index contributed by atoms with van der Waals surface area (Å²) >= 11 is 0. The van der Waals surface area contributed by atoms with Crippen molar-refractivity contribution in [2.75, 3.05) is 7.11 Å². The predicted octanol–water partition coefficient (Wildman–Crippen LogP) is 5.32. The molecule has 9 atom stereocenters. The van der Waals surface area contributed by atoms with Gasteiger partial charge in [0.1, 0.15) is 0 Å². The lowest BCUT2D eigenvalue weighted by molar-refractivity contribution is -0.174. The summed E-state index contributed by atoms with van der Waals surface area (Å²) in [6.45, 7) is 5.08. The molecule has 0 aromatic carbocycles. The van der Waals surface area contributed by atoms with E-state index in [0.29, 0.717) is 47.0 Å². The number of rotatable bonds is 4. The van der Waals surface area contributed by atoms with Crippen molar-refractivity contribution in [3.63, 3.8) is 0 Å². The van der Waals surface area contributed by atoms with Gasteiger partial charge in [0.2, 0.25) is 0 Å². The highest BCUT2D eigenvalue weighted by atomic mass is 16.5. The van der Waals surface area contributed by atoms with Crippen LogP contribution < -0.4 is 0 Å². The van der Waals surface area contributed by atoms with Gasteiger partial charge in [-0.05, 0) is 105 Å². The van der Waals surface area contributed by atoms with Crippen molar-refractivity contribution in [2.24, 2.45) is 40.4 Å². The van der Waals surface area contributed by atoms with Gasteiger partial charge in [0, 0.05) is 13.5 Å². The van der Waals surface area contributed by atoms with Crippen LogP contribution in [0.5, 0.6) is 0 Å². The molecule has 0 aromatic rings. The number of ether oxygens (including phenoxy) is 1. The molecule has 1 N–H and O–H groups in total. The Labute approximate surface area is 165 Å². The van der Waals surface area contributed by atoms with Crippen molar-refractivity contribution in [1.29, 1.82) is 5.26 Å². The van der Waals surface area contributed by atoms with Crippen molar-refractivity contribution >= 4 is 0 Å². The lowest BCUT2D eigenvalue weighted by atomic mass is 9.44. The standard InChI is InChI=1S/C24H39NO2/c1-23-12-10-20-22(19(23)8-7-16(23)6-4-5-13-25)21(26)15-17-14-18(27-3)9-11-24(17,20)2/h16-22,26H,4-12,14-15H2,1-3H3/t16-,17-,18+,19-,20-,21-,22-,23+,24-/m0/s1. The van der Waals surface area contributed by atoms with Gasteiger partial charge in [-0.15, -0.1) is 0 Å². The minimum Gasteiger partial charge on any atom is -0.393 e. The number of nitriles is 1. The molecule has 0 amide bonds. The van der Waals surface area contributed by atoms with Crippen molar-refractivity contribution in [3.8, 4) is 6.07 Å². The van der Waals surface area contributed by atoms with Gasteiger partial charge in [0.05, 0.1) is 18.3 Å². The second-order valence-electron chi connectivity index (χ2n) is 10.8. The van der Waals surface area contributed by atoms with Crippen LogP contribution >= 0.6 is 0 Å². The Balaban J connectivity index is 1.54. The van der Waals surface area contributed by atoms with E-state index >= 15 is 0 Å². The summed E-state index contributed by atoms with van der Waals surface area (Å²) in [6.07, 6.45) is 13.1. The van der Waals surface area contributed by atoms with Gasteiger partial charge in [-0.1, -0.05) is 13.8 Å². The summed E-state index contributed by atoms with van der Waals surface area (Å²) in [5.74, 6) is 3.28. The first-order valence-electron chi connectivity index (χ1n) is 11.5. The van der Waals surface area contributed by atoms with Crippen LogP contribution in [0.25, 0.3) is 0 Å². The molecule has 3 heteroatoms. The number of nitrogens with zero attached hydrogens (tertiary/aromatic N) is 1. The molecule has 0 spiro atoms. The minimum absolute atomic E-state index is 0.119. The average molecular weight is 374 g/mol. The normalized spacial score (nSPS) is 51.7. The van der Waals surface area contributed by atoms with E-state index in [1.165, 1.54) is 44.9 Å². The highest BCUT2D eigenvalue weighted by molar-refractivity contribution is 5.11. The molecular weight excluding hydrogens is 334 g/mol. The SMILES string of the molecule is CO[C@@H]1CC[C@@]2(C)[C@@H](C1)C[C@H](O)[C@@H]1[C@@H]2CC[C@]2(C)[C@@H](CCCC#N)CC[C@@H]12. The first kappa shape index (κ1) is 19.7. The minimum atomic E-state index is -0.119. The van der Waals surface area contributed by atoms with E-state index in [9.17, 15) is 5.11 Å². The first-order valence-corrected chi connectivity index (χ1v) is 11.5. The number of unbranched alkanes of at least 4 members (excludes halogenated alkanes) is 1. The third kappa shape index (κ3) is 3.06. The Bertz CT molecular complexity index is 585. The number of hydrogen-bond donors (Lipinski definition) is 1. The van der Waals surface area contributed by atoms with E-state index in [4.69, 9.17) is 10.00 Å². The summed E-state index contributed by atoms with van der Waals surface area (Å²) in [5, 5.41) is 20.2. The van der Waals surface area contributed by atoms with E-state index in [2.05, 4.69) is 19.9 Å². The lowest BCUT2D eigenvalue weighted by Crippen LogP contribution is -2.58. The lowest BCUT2D eigenvalue weighted by Gasteiger charge is -2.62. The van der Waals surface area contributed by atoms with E-state index in [1.807, 2.05) is 7.11 Å². The van der Waals surface area contributed by atoms with E-state index in [1.54, 1.807) is 0 Å². The largest absolute Gasteiger partial charge is 0.393 e. The highest BCUT2D eigenvalue weighted by Gasteiger charge is 2.62. The van der Waals surface area contributed by atoms with Gasteiger partial charge in [-0.25, -0.2) is 0 Å². The van der Waals surface area contributed by atoms with Crippen molar-refractivity contribution < 1.29 is 9.84 Å². The van der Waals surface area contributed by atoms with E-state index in [-0.39, 0.29) is 6.10 Å². The Kier molecular flexibility index (Phi) is 5.36. The molecule has 4 fully saturated rings. The van der Waals surface area contributed by atoms with Gasteiger partial charge in [0.25, 0.3) is 0 Å². The van der Waals surface area contributed by atoms with Crippen molar-refractivity contribution in [2.45, 2.75) is 96.7 Å². The number of methoxy groups -OCH3 is 1. The fourth-order valence-electron chi connectivity index (χ4n) is 8.41. The van der Waals surface area contributed by atoms with Crippen molar-refractivity contribution in [1.82, 2.24) is 0 Å². The van der Waals surface area contributed by atoms with Gasteiger partial charge in [0.15, 0.2) is 0 Å². The monoisotopic (exact) mass is 373 g/mol. The maximum Gasteiger partial charge on any atom is 0.0621 e. The Hall–Kier alpha value is -0.590. The van der Waals surface area contributed by atoms with Crippen LogP contribution in [-0.4, -0.2) is 24.4 Å². The summed E-state index contributed by atoms with van der Waals surface area (Å²) < 4.78 is 5.70. The highest BCUT2D eigenvalue weighted by Crippen LogP contribution is 2.68. The molecular formula is C24H39NO2. The summed E-state index contributed by atoms with van der Waals surface area (Å²) in [7, 11) is 1.85. The molecule has 4 aliphatic carbocycles. The number of fused-ring (bicyclic) bond motifs is 5. The number of aliphatic hydroxyl groups is 1. The van der Waals surface area contributed by atoms with Crippen LogP contribution in [0.2, 0.25) is 0 Å². The predicted molar refractivity (Wildman–Crippen MR) is 107 cm³/mol. The second kappa shape index (κ2) is 7.34. The molecule has 0 bridgehead atoms. The zero-order chi connectivity index (χ0) is 19.2. The molecule has 4 rings (SSSR count). The Morgan fingerprint density at radius 3 is 2.52 bits per heavy atom. The summed E-state index contributed by atoms with van der Waals surface area (Å²) in [4.78, 5) is 0. The van der Waals surface area contributed by atoms with Gasteiger partial charge < -0.3 is 9.84 Å². The van der Waals surface area contributed by atoms with Crippen LogP contribution in [0.4, 0.5) is 0 Å². The quantitative estimate of drug-likeness (QED) is 0.678. The van der Waals surface area contributed by atoms with Crippen LogP contribution in [-0.2, 0) is 4.74 Å². The zero-order valence-corrected chi connectivity index (χ0v) is 17.6. The van der Waals surface area contributed by atoms with Gasteiger partial charge in [-0.3, -0.25) is 0 Å². The van der Waals surface area contributed by atoms with Crippen LogP contribution in [0.3, 0.4) is 0 Å². The van der Waals surface area contributed by atoms with Gasteiger partial charge >= 0.3 is 0 Å². The van der Waals surface area contributed by atoms with Crippen LogP contribution in [0.15, 0.2) is 0 Å². The molecule has 0 saturated heterocycles. The smallest absolute Gasteiger partial charge is 0.0621 e. The molecule has 4 saturated carbocycles. The first-order chi connectivity index (χ1) is 12.9. The molecule has 0 aliphatic heterocycles. The molecule has 4 aliphatic rings. The number of hydrogen-bond acceptors (Lipinski definition) is 3. The molecule has 3 nitrogen and oxygen atoms in total. The molecule has 152 valence electrons. The summed E-state index contributed by atoms with van der Waals surface area (Å²) in [5.41, 5.74) is 0.795. The molecule has 0 heterocycles. The third-order valence-corrected chi connectivity index (χ3v) is 10.0. The topological polar surface area (TPSA) is 53.2 Å². The second-order valence-corrected chi connectivity index (χ2v) is 10.8. The molecule has 27 heavy (non-hydrogen) atoms. The van der Waals surface area contributed by atoms with Crippen LogP contribution in [0.1, 0.15) is 84.5 Å². The molecule has 0 aromatic heterocycles. The maximum absolute atomic E-state index is 11.3. The summed E-state index contributed by atoms with van der Waals surface area (Å²) in [6, 6.07) is 2.32. The Morgan fingerprint density at radius 1 is 1.04 bits per heavy atom. The fourth-order valence-corrected chi connectivity index (χ4v) is 8.41. The van der Waals surface area contributed by atoms with E-state index in [0.717, 1.165) is 25.2 Å². The van der Waals surface area contributed by atoms with Crippen molar-refractivity contribution in [3.05, 3.63) is 0 Å². The Morgan fingerprint density at radius 2 is 1.78 bits per heavy atom. The molecule has 0 radical (unpaired) electrons. The fraction of sp³-hybridized carbons (Fsp3) is 0.958. The maximum atomic E-state index is 11.3. The third-order valence-electron chi connectivity index (χ3n) is 10.0. The molecule has 0 unspecified atom stereocenters. The average Bonchev–Trinajstić information content (AvgIpc) is 2.99. The number of aliphatic hydroxyl groups excluding tert-OH is 1.